The molecule has 4 atom stereocenters. The lowest BCUT2D eigenvalue weighted by atomic mass is 9.72. The normalized spacial score (nSPS) is 42.2. The Bertz CT molecular complexity index is 255. The summed E-state index contributed by atoms with van der Waals surface area (Å²) in [6, 6.07) is 0. The van der Waals surface area contributed by atoms with Crippen molar-refractivity contribution in [3.63, 3.8) is 0 Å². The van der Waals surface area contributed by atoms with Crippen LogP contribution in [0.25, 0.3) is 0 Å². The molecule has 2 bridgehead atoms. The summed E-state index contributed by atoms with van der Waals surface area (Å²) in [5.74, 6) is -3.71. The number of fused-ring (bicyclic) bond motifs is 2. The zero-order chi connectivity index (χ0) is 9.59. The Morgan fingerprint density at radius 1 is 1.15 bits per heavy atom. The zero-order valence-electron chi connectivity index (χ0n) is 6.84. The van der Waals surface area contributed by atoms with Crippen LogP contribution in [0, 0.1) is 11.8 Å². The fourth-order valence-electron chi connectivity index (χ4n) is 2.15. The summed E-state index contributed by atoms with van der Waals surface area (Å²) in [5.41, 5.74) is 0. The molecule has 2 N–H and O–H groups in total. The van der Waals surface area contributed by atoms with Gasteiger partial charge in [0.25, 0.3) is 0 Å². The van der Waals surface area contributed by atoms with Crippen molar-refractivity contribution >= 4 is 11.9 Å². The molecule has 0 aromatic carbocycles. The third-order valence-corrected chi connectivity index (χ3v) is 2.82. The largest absolute Gasteiger partial charge is 0.481 e. The predicted molar refractivity (Wildman–Crippen MR) is 40.1 cm³/mol. The van der Waals surface area contributed by atoms with E-state index in [1.165, 1.54) is 0 Å². The molecule has 1 saturated carbocycles. The number of carboxylic acids is 2. The highest BCUT2D eigenvalue weighted by Crippen LogP contribution is 2.42. The minimum absolute atomic E-state index is 0.0262. The van der Waals surface area contributed by atoms with Gasteiger partial charge >= 0.3 is 11.9 Å². The second-order valence-electron chi connectivity index (χ2n) is 3.58. The molecular weight excluding hydrogens is 176 g/mol. The van der Waals surface area contributed by atoms with Gasteiger partial charge < -0.3 is 14.9 Å². The topological polar surface area (TPSA) is 83.8 Å². The number of carboxylic acid groups (broad SMARTS) is 2. The first-order chi connectivity index (χ1) is 6.09. The molecule has 2 saturated heterocycles. The molecular formula is C8H10O5. The van der Waals surface area contributed by atoms with E-state index in [2.05, 4.69) is 0 Å². The Morgan fingerprint density at radius 3 is 2.15 bits per heavy atom. The predicted octanol–water partition coefficient (Wildman–Crippen LogP) is -0.0508. The van der Waals surface area contributed by atoms with Crippen LogP contribution in [0.1, 0.15) is 12.8 Å². The van der Waals surface area contributed by atoms with Crippen LogP contribution in [-0.4, -0.2) is 34.4 Å². The second-order valence-corrected chi connectivity index (χ2v) is 3.58. The third-order valence-electron chi connectivity index (χ3n) is 2.82. The van der Waals surface area contributed by atoms with E-state index in [1.807, 2.05) is 0 Å². The number of rotatable bonds is 2. The molecule has 5 nitrogen and oxygen atoms in total. The van der Waals surface area contributed by atoms with E-state index in [0.717, 1.165) is 0 Å². The first kappa shape index (κ1) is 8.50. The quantitative estimate of drug-likeness (QED) is 0.631. The van der Waals surface area contributed by atoms with Gasteiger partial charge in [0.05, 0.1) is 24.0 Å². The van der Waals surface area contributed by atoms with Crippen LogP contribution in [0.4, 0.5) is 0 Å². The van der Waals surface area contributed by atoms with Crippen LogP contribution in [0.15, 0.2) is 0 Å². The van der Waals surface area contributed by atoms with Crippen molar-refractivity contribution in [2.75, 3.05) is 0 Å². The van der Waals surface area contributed by atoms with Gasteiger partial charge in [-0.3, -0.25) is 9.59 Å². The first-order valence-electron chi connectivity index (χ1n) is 4.20. The molecule has 72 valence electrons. The summed E-state index contributed by atoms with van der Waals surface area (Å²) in [4.78, 5) is 21.5. The van der Waals surface area contributed by atoms with Crippen molar-refractivity contribution in [3.8, 4) is 0 Å². The lowest BCUT2D eigenvalue weighted by Crippen LogP contribution is -2.56. The monoisotopic (exact) mass is 186 g/mol. The average Bonchev–Trinajstić information content (AvgIpc) is 2.01. The lowest BCUT2D eigenvalue weighted by Gasteiger charge is -2.47. The number of ether oxygens (including phenoxy) is 1. The maximum atomic E-state index is 10.8. The Labute approximate surface area is 74.3 Å². The summed E-state index contributed by atoms with van der Waals surface area (Å²) in [7, 11) is 0. The summed E-state index contributed by atoms with van der Waals surface area (Å²) in [5, 5.41) is 17.6. The number of hydrogen-bond donors (Lipinski definition) is 2. The molecule has 0 aromatic rings. The third kappa shape index (κ3) is 1.19. The SMILES string of the molecule is O=C(O)C1CC2CC(O2)C1C(=O)O. The van der Waals surface area contributed by atoms with Gasteiger partial charge in [0.2, 0.25) is 0 Å². The Balaban J connectivity index is 2.17. The fourth-order valence-corrected chi connectivity index (χ4v) is 2.15. The van der Waals surface area contributed by atoms with Gasteiger partial charge in [-0.05, 0) is 6.42 Å². The van der Waals surface area contributed by atoms with Gasteiger partial charge in [-0.1, -0.05) is 0 Å². The highest BCUT2D eigenvalue weighted by Gasteiger charge is 2.53. The molecule has 3 rings (SSSR count). The molecule has 0 aromatic heterocycles. The van der Waals surface area contributed by atoms with E-state index in [9.17, 15) is 9.59 Å². The highest BCUT2D eigenvalue weighted by molar-refractivity contribution is 5.81. The molecule has 1 aliphatic carbocycles. The second kappa shape index (κ2) is 2.70. The van der Waals surface area contributed by atoms with Crippen LogP contribution < -0.4 is 0 Å². The van der Waals surface area contributed by atoms with Gasteiger partial charge in [-0.2, -0.15) is 0 Å². The maximum absolute atomic E-state index is 10.8. The molecule has 0 spiro atoms. The van der Waals surface area contributed by atoms with Crippen molar-refractivity contribution in [1.82, 2.24) is 0 Å². The zero-order valence-corrected chi connectivity index (χ0v) is 6.84. The van der Waals surface area contributed by atoms with Crippen LogP contribution in [0.2, 0.25) is 0 Å². The van der Waals surface area contributed by atoms with Gasteiger partial charge in [-0.15, -0.1) is 0 Å². The summed E-state index contributed by atoms with van der Waals surface area (Å²) in [6.07, 6.45) is 0.628. The Morgan fingerprint density at radius 2 is 1.77 bits per heavy atom. The summed E-state index contributed by atoms with van der Waals surface area (Å²) < 4.78 is 5.19. The van der Waals surface area contributed by atoms with Crippen LogP contribution in [0.3, 0.4) is 0 Å². The van der Waals surface area contributed by atoms with Gasteiger partial charge in [0.1, 0.15) is 0 Å². The van der Waals surface area contributed by atoms with Crippen molar-refractivity contribution in [2.24, 2.45) is 11.8 Å². The molecule has 0 radical (unpaired) electrons. The molecule has 3 fully saturated rings. The number of aliphatic carboxylic acids is 2. The van der Waals surface area contributed by atoms with E-state index >= 15 is 0 Å². The Hall–Kier alpha value is -1.10. The average molecular weight is 186 g/mol. The minimum atomic E-state index is -1.06. The van der Waals surface area contributed by atoms with Crippen LogP contribution >= 0.6 is 0 Å². The van der Waals surface area contributed by atoms with E-state index in [4.69, 9.17) is 14.9 Å². The fraction of sp³-hybridized carbons (Fsp3) is 0.750. The van der Waals surface area contributed by atoms with Gasteiger partial charge in [0.15, 0.2) is 0 Å². The Kier molecular flexibility index (Phi) is 1.76. The first-order valence-corrected chi connectivity index (χ1v) is 4.20. The van der Waals surface area contributed by atoms with Crippen molar-refractivity contribution in [1.29, 1.82) is 0 Å². The van der Waals surface area contributed by atoms with E-state index in [-0.39, 0.29) is 12.2 Å². The molecule has 3 aliphatic rings. The number of carbonyl (C=O) groups is 2. The molecule has 5 heteroatoms. The smallest absolute Gasteiger partial charge is 0.310 e. The van der Waals surface area contributed by atoms with Gasteiger partial charge in [-0.25, -0.2) is 0 Å². The highest BCUT2D eigenvalue weighted by atomic mass is 16.5. The number of hydrogen-bond acceptors (Lipinski definition) is 3. The summed E-state index contributed by atoms with van der Waals surface area (Å²) in [6.45, 7) is 0. The van der Waals surface area contributed by atoms with Gasteiger partial charge in [0, 0.05) is 6.42 Å². The van der Waals surface area contributed by atoms with Crippen LogP contribution in [-0.2, 0) is 14.3 Å². The van der Waals surface area contributed by atoms with E-state index in [1.54, 1.807) is 0 Å². The van der Waals surface area contributed by atoms with Crippen molar-refractivity contribution in [2.45, 2.75) is 25.0 Å². The van der Waals surface area contributed by atoms with E-state index in [0.29, 0.717) is 12.8 Å². The maximum Gasteiger partial charge on any atom is 0.310 e. The standard InChI is InChI=1S/C8H10O5/c9-7(10)4-1-3-2-5(13-3)6(4)8(11)12/h3-6H,1-2H2,(H,9,10)(H,11,12). The molecule has 2 aliphatic heterocycles. The van der Waals surface area contributed by atoms with Crippen molar-refractivity contribution < 1.29 is 24.5 Å². The lowest BCUT2D eigenvalue weighted by molar-refractivity contribution is -0.218. The molecule has 4 unspecified atom stereocenters. The molecule has 13 heavy (non-hydrogen) atoms. The van der Waals surface area contributed by atoms with Crippen LogP contribution in [0.5, 0.6) is 0 Å². The minimum Gasteiger partial charge on any atom is -0.481 e. The van der Waals surface area contributed by atoms with Crippen molar-refractivity contribution in [3.05, 3.63) is 0 Å². The molecule has 2 heterocycles. The molecule has 0 amide bonds. The summed E-state index contributed by atoms with van der Waals surface area (Å²) >= 11 is 0. The van der Waals surface area contributed by atoms with E-state index < -0.39 is 23.8 Å².